The SMILES string of the molecule is COc1cccc(C(=O)N(Cc2nccn2Cc2ccc(Cl)cc2Cl)CC2CCCO2)c1. The minimum atomic E-state index is -0.0847. The van der Waals surface area contributed by atoms with Gasteiger partial charge in [0.2, 0.25) is 0 Å². The van der Waals surface area contributed by atoms with Crippen molar-refractivity contribution in [2.75, 3.05) is 20.3 Å². The van der Waals surface area contributed by atoms with E-state index in [9.17, 15) is 4.79 Å². The van der Waals surface area contributed by atoms with Crippen molar-refractivity contribution in [2.45, 2.75) is 32.0 Å². The minimum absolute atomic E-state index is 0.0266. The lowest BCUT2D eigenvalue weighted by molar-refractivity contribution is 0.0499. The van der Waals surface area contributed by atoms with Gasteiger partial charge in [0.1, 0.15) is 11.6 Å². The van der Waals surface area contributed by atoms with Gasteiger partial charge in [-0.05, 0) is 48.7 Å². The molecule has 1 unspecified atom stereocenters. The molecule has 1 amide bonds. The molecule has 6 nitrogen and oxygen atoms in total. The van der Waals surface area contributed by atoms with Crippen LogP contribution < -0.4 is 4.74 Å². The van der Waals surface area contributed by atoms with Crippen molar-refractivity contribution in [3.05, 3.63) is 81.9 Å². The number of aromatic nitrogens is 2. The zero-order chi connectivity index (χ0) is 22.5. The summed E-state index contributed by atoms with van der Waals surface area (Å²) in [5.41, 5.74) is 1.50. The van der Waals surface area contributed by atoms with Crippen LogP contribution in [0.3, 0.4) is 0 Å². The number of benzene rings is 2. The molecule has 4 rings (SSSR count). The normalized spacial score (nSPS) is 15.7. The first-order valence-corrected chi connectivity index (χ1v) is 11.3. The number of nitrogens with zero attached hydrogens (tertiary/aromatic N) is 3. The number of hydrogen-bond donors (Lipinski definition) is 0. The number of imidazole rings is 1. The van der Waals surface area contributed by atoms with Crippen LogP contribution in [0.2, 0.25) is 10.0 Å². The molecule has 1 saturated heterocycles. The lowest BCUT2D eigenvalue weighted by atomic mass is 10.1. The van der Waals surface area contributed by atoms with Crippen LogP contribution in [-0.4, -0.2) is 46.7 Å². The van der Waals surface area contributed by atoms with E-state index in [1.54, 1.807) is 36.4 Å². The van der Waals surface area contributed by atoms with Gasteiger partial charge >= 0.3 is 0 Å². The second kappa shape index (κ2) is 10.4. The molecular weight excluding hydrogens is 449 g/mol. The molecule has 1 fully saturated rings. The highest BCUT2D eigenvalue weighted by atomic mass is 35.5. The van der Waals surface area contributed by atoms with Crippen LogP contribution in [0.5, 0.6) is 5.75 Å². The Bertz CT molecular complexity index is 1080. The van der Waals surface area contributed by atoms with Crippen LogP contribution in [0.4, 0.5) is 0 Å². The van der Waals surface area contributed by atoms with Gasteiger partial charge in [-0.1, -0.05) is 35.3 Å². The van der Waals surface area contributed by atoms with E-state index in [0.717, 1.165) is 30.8 Å². The predicted octanol–water partition coefficient (Wildman–Crippen LogP) is 5.07. The Morgan fingerprint density at radius 2 is 2.16 bits per heavy atom. The molecule has 168 valence electrons. The molecule has 0 spiro atoms. The van der Waals surface area contributed by atoms with Crippen molar-refractivity contribution in [2.24, 2.45) is 0 Å². The van der Waals surface area contributed by atoms with Crippen molar-refractivity contribution >= 4 is 29.1 Å². The first kappa shape index (κ1) is 22.6. The zero-order valence-corrected chi connectivity index (χ0v) is 19.4. The maximum absolute atomic E-state index is 13.4. The summed E-state index contributed by atoms with van der Waals surface area (Å²) in [6.07, 6.45) is 5.60. The fourth-order valence-electron chi connectivity index (χ4n) is 3.83. The fourth-order valence-corrected chi connectivity index (χ4v) is 4.30. The van der Waals surface area contributed by atoms with Crippen molar-refractivity contribution in [3.8, 4) is 5.75 Å². The molecule has 0 saturated carbocycles. The van der Waals surface area contributed by atoms with E-state index in [1.165, 1.54) is 0 Å². The lowest BCUT2D eigenvalue weighted by Gasteiger charge is -2.26. The monoisotopic (exact) mass is 473 g/mol. The number of methoxy groups -OCH3 is 1. The Morgan fingerprint density at radius 3 is 2.91 bits per heavy atom. The molecule has 0 N–H and O–H groups in total. The van der Waals surface area contributed by atoms with E-state index in [4.69, 9.17) is 32.7 Å². The van der Waals surface area contributed by atoms with Crippen LogP contribution in [0.15, 0.2) is 54.9 Å². The van der Waals surface area contributed by atoms with Crippen molar-refractivity contribution in [1.29, 1.82) is 0 Å². The van der Waals surface area contributed by atoms with Gasteiger partial charge in [-0.25, -0.2) is 4.98 Å². The Balaban J connectivity index is 1.57. The summed E-state index contributed by atoms with van der Waals surface area (Å²) in [4.78, 5) is 19.7. The molecule has 2 aromatic carbocycles. The van der Waals surface area contributed by atoms with Crippen molar-refractivity contribution < 1.29 is 14.3 Å². The number of ether oxygens (including phenoxy) is 2. The lowest BCUT2D eigenvalue weighted by Crippen LogP contribution is -2.37. The molecule has 0 bridgehead atoms. The van der Waals surface area contributed by atoms with Gasteiger partial charge in [-0.15, -0.1) is 0 Å². The quantitative estimate of drug-likeness (QED) is 0.458. The summed E-state index contributed by atoms with van der Waals surface area (Å²) in [5, 5.41) is 1.19. The van der Waals surface area contributed by atoms with Gasteiger partial charge in [-0.3, -0.25) is 4.79 Å². The van der Waals surface area contributed by atoms with Gasteiger partial charge < -0.3 is 18.9 Å². The third-order valence-corrected chi connectivity index (χ3v) is 6.13. The molecule has 0 aliphatic carbocycles. The Labute approximate surface area is 197 Å². The Morgan fingerprint density at radius 1 is 1.28 bits per heavy atom. The molecule has 1 aliphatic rings. The van der Waals surface area contributed by atoms with Crippen LogP contribution in [0, 0.1) is 0 Å². The summed E-state index contributed by atoms with van der Waals surface area (Å²) in [5.74, 6) is 1.33. The van der Waals surface area contributed by atoms with E-state index in [0.29, 0.717) is 41.0 Å². The average Bonchev–Trinajstić information content (AvgIpc) is 3.47. The van der Waals surface area contributed by atoms with Crippen molar-refractivity contribution in [3.63, 3.8) is 0 Å². The highest BCUT2D eigenvalue weighted by Gasteiger charge is 2.25. The summed E-state index contributed by atoms with van der Waals surface area (Å²) in [6, 6.07) is 12.6. The molecule has 2 heterocycles. The first-order chi connectivity index (χ1) is 15.5. The number of halogens is 2. The van der Waals surface area contributed by atoms with Crippen molar-refractivity contribution in [1.82, 2.24) is 14.5 Å². The van der Waals surface area contributed by atoms with E-state index in [2.05, 4.69) is 4.98 Å². The maximum atomic E-state index is 13.4. The number of amides is 1. The third-order valence-electron chi connectivity index (χ3n) is 5.54. The maximum Gasteiger partial charge on any atom is 0.254 e. The molecular formula is C24H25Cl2N3O3. The molecule has 1 aromatic heterocycles. The Kier molecular flexibility index (Phi) is 7.35. The highest BCUT2D eigenvalue weighted by molar-refractivity contribution is 6.35. The van der Waals surface area contributed by atoms with E-state index in [-0.39, 0.29) is 12.0 Å². The zero-order valence-electron chi connectivity index (χ0n) is 17.8. The van der Waals surface area contributed by atoms with Crippen LogP contribution >= 0.6 is 23.2 Å². The predicted molar refractivity (Wildman–Crippen MR) is 124 cm³/mol. The number of rotatable bonds is 8. The molecule has 0 radical (unpaired) electrons. The van der Waals surface area contributed by atoms with Crippen LogP contribution in [0.25, 0.3) is 0 Å². The topological polar surface area (TPSA) is 56.6 Å². The third kappa shape index (κ3) is 5.44. The standard InChI is InChI=1S/C24H25Cl2N3O3/c1-31-20-5-2-4-17(12-20)24(30)29(15-21-6-3-11-32-21)16-23-27-9-10-28(23)14-18-7-8-19(25)13-22(18)26/h2,4-5,7-10,12-13,21H,3,6,11,14-16H2,1H3. The smallest absolute Gasteiger partial charge is 0.254 e. The molecule has 1 atom stereocenters. The van der Waals surface area contributed by atoms with Crippen LogP contribution in [0.1, 0.15) is 34.6 Å². The summed E-state index contributed by atoms with van der Waals surface area (Å²) >= 11 is 12.4. The van der Waals surface area contributed by atoms with Gasteiger partial charge in [0, 0.05) is 41.2 Å². The number of hydrogen-bond acceptors (Lipinski definition) is 4. The Hall–Kier alpha value is -2.54. The van der Waals surface area contributed by atoms with Gasteiger partial charge in [-0.2, -0.15) is 0 Å². The first-order valence-electron chi connectivity index (χ1n) is 10.5. The van der Waals surface area contributed by atoms with E-state index < -0.39 is 0 Å². The molecule has 3 aromatic rings. The number of carbonyl (C=O) groups excluding carboxylic acids is 1. The minimum Gasteiger partial charge on any atom is -0.497 e. The number of carbonyl (C=O) groups is 1. The molecule has 1 aliphatic heterocycles. The highest BCUT2D eigenvalue weighted by Crippen LogP contribution is 2.23. The van der Waals surface area contributed by atoms with E-state index >= 15 is 0 Å². The largest absolute Gasteiger partial charge is 0.497 e. The van der Waals surface area contributed by atoms with Crippen LogP contribution in [-0.2, 0) is 17.8 Å². The average molecular weight is 474 g/mol. The summed E-state index contributed by atoms with van der Waals surface area (Å²) < 4.78 is 13.1. The molecule has 8 heteroatoms. The van der Waals surface area contributed by atoms with Gasteiger partial charge in [0.15, 0.2) is 0 Å². The fraction of sp³-hybridized carbons (Fsp3) is 0.333. The van der Waals surface area contributed by atoms with E-state index in [1.807, 2.05) is 35.0 Å². The second-order valence-corrected chi connectivity index (χ2v) is 8.60. The summed E-state index contributed by atoms with van der Waals surface area (Å²) in [7, 11) is 1.59. The van der Waals surface area contributed by atoms with Gasteiger partial charge in [0.05, 0.1) is 26.3 Å². The molecule has 32 heavy (non-hydrogen) atoms. The summed E-state index contributed by atoms with van der Waals surface area (Å²) in [6.45, 7) is 2.13. The van der Waals surface area contributed by atoms with Gasteiger partial charge in [0.25, 0.3) is 5.91 Å². The second-order valence-electron chi connectivity index (χ2n) is 7.76.